The van der Waals surface area contributed by atoms with Crippen LogP contribution in [-0.4, -0.2) is 24.4 Å². The number of hydrogen-bond donors (Lipinski definition) is 2. The molecule has 2 N–H and O–H groups in total. The molecule has 1 aromatic carbocycles. The summed E-state index contributed by atoms with van der Waals surface area (Å²) < 4.78 is 5.65. The number of rotatable bonds is 6. The van der Waals surface area contributed by atoms with Gasteiger partial charge < -0.3 is 15.2 Å². The molecule has 0 atom stereocenters. The average molecular weight is 244 g/mol. The highest BCUT2D eigenvalue weighted by Crippen LogP contribution is 2.33. The maximum absolute atomic E-state index is 8.72. The predicted molar refractivity (Wildman–Crippen MR) is 67.4 cm³/mol. The SMILES string of the molecule is CC(C)Oc1c(Cl)cccc1NCCCO. The molecule has 16 heavy (non-hydrogen) atoms. The number of aliphatic hydroxyl groups excluding tert-OH is 1. The summed E-state index contributed by atoms with van der Waals surface area (Å²) in [7, 11) is 0. The largest absolute Gasteiger partial charge is 0.487 e. The third-order valence-electron chi connectivity index (χ3n) is 1.97. The quantitative estimate of drug-likeness (QED) is 0.755. The number of benzene rings is 1. The Hall–Kier alpha value is -0.930. The summed E-state index contributed by atoms with van der Waals surface area (Å²) >= 11 is 6.07. The minimum absolute atomic E-state index is 0.0818. The lowest BCUT2D eigenvalue weighted by Gasteiger charge is -2.16. The van der Waals surface area contributed by atoms with Crippen LogP contribution >= 0.6 is 11.6 Å². The Morgan fingerprint density at radius 3 is 2.81 bits per heavy atom. The average Bonchev–Trinajstić information content (AvgIpc) is 2.23. The third-order valence-corrected chi connectivity index (χ3v) is 2.27. The lowest BCUT2D eigenvalue weighted by Crippen LogP contribution is -2.10. The topological polar surface area (TPSA) is 41.5 Å². The molecule has 0 heterocycles. The van der Waals surface area contributed by atoms with Crippen molar-refractivity contribution in [2.45, 2.75) is 26.4 Å². The van der Waals surface area contributed by atoms with Gasteiger partial charge in [-0.15, -0.1) is 0 Å². The Bertz CT molecular complexity index is 329. The van der Waals surface area contributed by atoms with Crippen molar-refractivity contribution in [2.75, 3.05) is 18.5 Å². The number of hydrogen-bond acceptors (Lipinski definition) is 3. The zero-order valence-electron chi connectivity index (χ0n) is 9.66. The van der Waals surface area contributed by atoms with Gasteiger partial charge in [-0.3, -0.25) is 0 Å². The zero-order chi connectivity index (χ0) is 12.0. The van der Waals surface area contributed by atoms with E-state index in [0.717, 1.165) is 5.69 Å². The van der Waals surface area contributed by atoms with Gasteiger partial charge in [0.05, 0.1) is 16.8 Å². The van der Waals surface area contributed by atoms with Crippen LogP contribution in [0.5, 0.6) is 5.75 Å². The summed E-state index contributed by atoms with van der Waals surface area (Å²) in [6.07, 6.45) is 0.784. The lowest BCUT2D eigenvalue weighted by molar-refractivity contribution is 0.243. The van der Waals surface area contributed by atoms with Gasteiger partial charge in [0.2, 0.25) is 0 Å². The van der Waals surface area contributed by atoms with Gasteiger partial charge in [0, 0.05) is 13.2 Å². The molecule has 90 valence electrons. The van der Waals surface area contributed by atoms with Gasteiger partial charge in [-0.05, 0) is 32.4 Å². The first-order chi connectivity index (χ1) is 7.65. The Labute approximate surface area is 101 Å². The Morgan fingerprint density at radius 2 is 2.19 bits per heavy atom. The molecule has 0 saturated heterocycles. The van der Waals surface area contributed by atoms with Crippen LogP contribution in [0.4, 0.5) is 5.69 Å². The van der Waals surface area contributed by atoms with Crippen LogP contribution in [0.1, 0.15) is 20.3 Å². The van der Waals surface area contributed by atoms with Crippen molar-refractivity contribution >= 4 is 17.3 Å². The maximum atomic E-state index is 8.72. The fourth-order valence-corrected chi connectivity index (χ4v) is 1.52. The fourth-order valence-electron chi connectivity index (χ4n) is 1.31. The smallest absolute Gasteiger partial charge is 0.161 e. The molecule has 0 fully saturated rings. The number of anilines is 1. The molecule has 0 aliphatic heterocycles. The van der Waals surface area contributed by atoms with Crippen LogP contribution in [0.3, 0.4) is 0 Å². The van der Waals surface area contributed by atoms with E-state index in [1.165, 1.54) is 0 Å². The first-order valence-corrected chi connectivity index (χ1v) is 5.83. The van der Waals surface area contributed by atoms with Crippen LogP contribution < -0.4 is 10.1 Å². The minimum Gasteiger partial charge on any atom is -0.487 e. The number of ether oxygens (including phenoxy) is 1. The van der Waals surface area contributed by atoms with Gasteiger partial charge in [-0.1, -0.05) is 17.7 Å². The fraction of sp³-hybridized carbons (Fsp3) is 0.500. The van der Waals surface area contributed by atoms with E-state index < -0.39 is 0 Å². The highest BCUT2D eigenvalue weighted by molar-refractivity contribution is 6.32. The summed E-state index contributed by atoms with van der Waals surface area (Å²) in [4.78, 5) is 0. The van der Waals surface area contributed by atoms with E-state index >= 15 is 0 Å². The molecule has 4 heteroatoms. The molecule has 0 saturated carbocycles. The second kappa shape index (κ2) is 6.61. The Morgan fingerprint density at radius 1 is 1.44 bits per heavy atom. The van der Waals surface area contributed by atoms with Crippen molar-refractivity contribution in [1.29, 1.82) is 0 Å². The molecule has 0 aliphatic carbocycles. The molecule has 1 rings (SSSR count). The van der Waals surface area contributed by atoms with E-state index in [2.05, 4.69) is 5.32 Å². The molecule has 0 spiro atoms. The van der Waals surface area contributed by atoms with Gasteiger partial charge in [0.1, 0.15) is 0 Å². The lowest BCUT2D eigenvalue weighted by atomic mass is 10.2. The van der Waals surface area contributed by atoms with Crippen LogP contribution in [-0.2, 0) is 0 Å². The van der Waals surface area contributed by atoms with Gasteiger partial charge >= 0.3 is 0 Å². The van der Waals surface area contributed by atoms with Crippen LogP contribution in [0.15, 0.2) is 18.2 Å². The van der Waals surface area contributed by atoms with E-state index in [9.17, 15) is 0 Å². The van der Waals surface area contributed by atoms with Crippen molar-refractivity contribution in [1.82, 2.24) is 0 Å². The van der Waals surface area contributed by atoms with Crippen LogP contribution in [0.25, 0.3) is 0 Å². The molecule has 0 unspecified atom stereocenters. The van der Waals surface area contributed by atoms with Gasteiger partial charge in [-0.2, -0.15) is 0 Å². The first-order valence-electron chi connectivity index (χ1n) is 5.45. The van der Waals surface area contributed by atoms with E-state index in [0.29, 0.717) is 23.7 Å². The van der Waals surface area contributed by atoms with Gasteiger partial charge in [0.15, 0.2) is 5.75 Å². The summed E-state index contributed by atoms with van der Waals surface area (Å²) in [6.45, 7) is 4.79. The standard InChI is InChI=1S/C12H18ClNO2/c1-9(2)16-12-10(13)5-3-6-11(12)14-7-4-8-15/h3,5-6,9,14-15H,4,7-8H2,1-2H3. The van der Waals surface area contributed by atoms with Gasteiger partial charge in [0.25, 0.3) is 0 Å². The van der Waals surface area contributed by atoms with E-state index in [-0.39, 0.29) is 12.7 Å². The third kappa shape index (κ3) is 3.91. The van der Waals surface area contributed by atoms with Crippen molar-refractivity contribution in [3.63, 3.8) is 0 Å². The second-order valence-electron chi connectivity index (χ2n) is 3.79. The molecule has 0 aliphatic rings. The molecular weight excluding hydrogens is 226 g/mol. The molecule has 0 amide bonds. The number of aliphatic hydroxyl groups is 1. The highest BCUT2D eigenvalue weighted by Gasteiger charge is 2.09. The number of nitrogens with one attached hydrogen (secondary N) is 1. The number of para-hydroxylation sites is 1. The Kier molecular flexibility index (Phi) is 5.43. The van der Waals surface area contributed by atoms with Crippen molar-refractivity contribution in [3.05, 3.63) is 23.2 Å². The van der Waals surface area contributed by atoms with E-state index in [1.54, 1.807) is 6.07 Å². The number of halogens is 1. The minimum atomic E-state index is 0.0818. The molecule has 1 aromatic rings. The van der Waals surface area contributed by atoms with Crippen molar-refractivity contribution < 1.29 is 9.84 Å². The predicted octanol–water partition coefficient (Wildman–Crippen LogP) is 2.92. The van der Waals surface area contributed by atoms with Crippen molar-refractivity contribution in [3.8, 4) is 5.75 Å². The molecule has 0 bridgehead atoms. The normalized spacial score (nSPS) is 10.6. The van der Waals surface area contributed by atoms with Crippen molar-refractivity contribution in [2.24, 2.45) is 0 Å². The molecule has 3 nitrogen and oxygen atoms in total. The summed E-state index contributed by atoms with van der Waals surface area (Å²) in [5.74, 6) is 0.678. The van der Waals surface area contributed by atoms with Crippen LogP contribution in [0, 0.1) is 0 Å². The Balaban J connectivity index is 2.76. The second-order valence-corrected chi connectivity index (χ2v) is 4.19. The first kappa shape index (κ1) is 13.1. The van der Waals surface area contributed by atoms with Gasteiger partial charge in [-0.25, -0.2) is 0 Å². The van der Waals surface area contributed by atoms with E-state index in [1.807, 2.05) is 26.0 Å². The monoisotopic (exact) mass is 243 g/mol. The van der Waals surface area contributed by atoms with Crippen LogP contribution in [0.2, 0.25) is 5.02 Å². The highest BCUT2D eigenvalue weighted by atomic mass is 35.5. The summed E-state index contributed by atoms with van der Waals surface area (Å²) in [5, 5.41) is 12.5. The summed E-state index contributed by atoms with van der Waals surface area (Å²) in [6, 6.07) is 5.59. The molecular formula is C12H18ClNO2. The maximum Gasteiger partial charge on any atom is 0.161 e. The molecule has 0 aromatic heterocycles. The van der Waals surface area contributed by atoms with E-state index in [4.69, 9.17) is 21.4 Å². The molecule has 0 radical (unpaired) electrons. The zero-order valence-corrected chi connectivity index (χ0v) is 10.4. The summed E-state index contributed by atoms with van der Waals surface area (Å²) in [5.41, 5.74) is 0.870.